The molecule has 144 valence electrons. The summed E-state index contributed by atoms with van der Waals surface area (Å²) in [5.41, 5.74) is -0.948. The van der Waals surface area contributed by atoms with Crippen molar-refractivity contribution in [3.8, 4) is 0 Å². The smallest absolute Gasteiger partial charge is 0.410 e. The maximum atomic E-state index is 12.4. The van der Waals surface area contributed by atoms with Crippen LogP contribution in [0.2, 0.25) is 0 Å². The lowest BCUT2D eigenvalue weighted by Gasteiger charge is -2.48. The third-order valence-corrected chi connectivity index (χ3v) is 5.79. The van der Waals surface area contributed by atoms with E-state index in [1.165, 1.54) is 0 Å². The number of aliphatic hydroxyl groups is 1. The minimum atomic E-state index is -0.898. The summed E-state index contributed by atoms with van der Waals surface area (Å²) in [6.07, 6.45) is 5.66. The van der Waals surface area contributed by atoms with Gasteiger partial charge in [0, 0.05) is 29.0 Å². The fraction of sp³-hybridized carbons (Fsp3) is 0.684. The number of carbonyl (C=O) groups is 1. The molecular weight excluding hydrogens is 400 g/mol. The monoisotopic (exact) mass is 426 g/mol. The Morgan fingerprint density at radius 1 is 1.35 bits per heavy atom. The van der Waals surface area contributed by atoms with Crippen LogP contribution in [-0.2, 0) is 15.1 Å². The first-order valence-electron chi connectivity index (χ1n) is 9.07. The van der Waals surface area contributed by atoms with Gasteiger partial charge in [0.05, 0.1) is 24.4 Å². The molecule has 7 heteroatoms. The number of morpholine rings is 1. The quantitative estimate of drug-likeness (QED) is 0.742. The van der Waals surface area contributed by atoms with E-state index < -0.39 is 16.8 Å². The van der Waals surface area contributed by atoms with Gasteiger partial charge in [-0.05, 0) is 68.5 Å². The Morgan fingerprint density at radius 2 is 2.04 bits per heavy atom. The Labute approximate surface area is 163 Å². The molecule has 0 unspecified atom stereocenters. The second kappa shape index (κ2) is 7.09. The maximum Gasteiger partial charge on any atom is 0.410 e. The van der Waals surface area contributed by atoms with Crippen LogP contribution < -0.4 is 0 Å². The van der Waals surface area contributed by atoms with Gasteiger partial charge in [-0.2, -0.15) is 0 Å². The van der Waals surface area contributed by atoms with Crippen molar-refractivity contribution in [3.63, 3.8) is 0 Å². The van der Waals surface area contributed by atoms with E-state index in [1.807, 2.05) is 26.8 Å². The summed E-state index contributed by atoms with van der Waals surface area (Å²) in [5.74, 6) is 0. The molecule has 0 atom stereocenters. The third kappa shape index (κ3) is 4.21. The SMILES string of the molecule is CC(C)(C)OC(=O)N1CCOC2(CCC(O)(c3ccncc3Br)CC2)C1. The second-order valence-corrected chi connectivity index (χ2v) is 9.17. The summed E-state index contributed by atoms with van der Waals surface area (Å²) in [6, 6.07) is 1.86. The van der Waals surface area contributed by atoms with E-state index >= 15 is 0 Å². The highest BCUT2D eigenvalue weighted by molar-refractivity contribution is 9.10. The number of ether oxygens (including phenoxy) is 2. The van der Waals surface area contributed by atoms with Crippen LogP contribution in [0.15, 0.2) is 22.9 Å². The number of rotatable bonds is 1. The summed E-state index contributed by atoms with van der Waals surface area (Å²) < 4.78 is 12.4. The van der Waals surface area contributed by atoms with Crippen LogP contribution in [0, 0.1) is 0 Å². The molecule has 2 aliphatic rings. The van der Waals surface area contributed by atoms with Crippen molar-refractivity contribution >= 4 is 22.0 Å². The summed E-state index contributed by atoms with van der Waals surface area (Å²) in [5, 5.41) is 11.1. The van der Waals surface area contributed by atoms with E-state index in [2.05, 4.69) is 20.9 Å². The van der Waals surface area contributed by atoms with E-state index in [0.29, 0.717) is 45.4 Å². The summed E-state index contributed by atoms with van der Waals surface area (Å²) in [7, 11) is 0. The van der Waals surface area contributed by atoms with Crippen LogP contribution in [0.4, 0.5) is 4.79 Å². The topological polar surface area (TPSA) is 71.9 Å². The van der Waals surface area contributed by atoms with Crippen LogP contribution in [0.5, 0.6) is 0 Å². The molecule has 1 spiro atoms. The molecule has 1 aliphatic heterocycles. The summed E-state index contributed by atoms with van der Waals surface area (Å²) in [4.78, 5) is 18.2. The number of nitrogens with zero attached hydrogens (tertiary/aromatic N) is 2. The molecule has 1 N–H and O–H groups in total. The van der Waals surface area contributed by atoms with Crippen molar-refractivity contribution in [2.75, 3.05) is 19.7 Å². The number of carbonyl (C=O) groups excluding carboxylic acids is 1. The number of amides is 1. The molecule has 0 radical (unpaired) electrons. The first-order chi connectivity index (χ1) is 12.1. The standard InChI is InChI=1S/C19H27BrN2O4/c1-17(2,3)26-16(23)22-10-11-25-18(13-22)5-7-19(24,8-6-18)14-4-9-21-12-15(14)20/h4,9,12,24H,5-8,10-11,13H2,1-3H3. The van der Waals surface area contributed by atoms with Crippen molar-refractivity contribution in [1.82, 2.24) is 9.88 Å². The van der Waals surface area contributed by atoms with Gasteiger partial charge < -0.3 is 19.5 Å². The normalized spacial score (nSPS) is 29.7. The Hall–Kier alpha value is -1.18. The molecule has 1 saturated carbocycles. The second-order valence-electron chi connectivity index (χ2n) is 8.32. The average Bonchev–Trinajstić information content (AvgIpc) is 2.57. The number of aromatic nitrogens is 1. The molecule has 2 fully saturated rings. The van der Waals surface area contributed by atoms with E-state index in [4.69, 9.17) is 9.47 Å². The van der Waals surface area contributed by atoms with Crippen LogP contribution >= 0.6 is 15.9 Å². The van der Waals surface area contributed by atoms with Gasteiger partial charge in [0.2, 0.25) is 0 Å². The zero-order valence-electron chi connectivity index (χ0n) is 15.6. The van der Waals surface area contributed by atoms with Gasteiger partial charge in [-0.1, -0.05) is 0 Å². The Morgan fingerprint density at radius 3 is 2.65 bits per heavy atom. The fourth-order valence-electron chi connectivity index (χ4n) is 3.77. The van der Waals surface area contributed by atoms with Gasteiger partial charge in [-0.15, -0.1) is 0 Å². The van der Waals surface area contributed by atoms with Crippen LogP contribution in [-0.4, -0.2) is 52.0 Å². The minimum Gasteiger partial charge on any atom is -0.444 e. The number of pyridine rings is 1. The summed E-state index contributed by atoms with van der Waals surface area (Å²) in [6.45, 7) is 7.15. The molecule has 0 aromatic carbocycles. The Kier molecular flexibility index (Phi) is 5.34. The molecule has 1 aromatic heterocycles. The van der Waals surface area contributed by atoms with Gasteiger partial charge in [0.25, 0.3) is 0 Å². The number of hydrogen-bond donors (Lipinski definition) is 1. The molecule has 3 rings (SSSR count). The lowest BCUT2D eigenvalue weighted by molar-refractivity contribution is -0.155. The number of hydrogen-bond acceptors (Lipinski definition) is 5. The zero-order valence-corrected chi connectivity index (χ0v) is 17.2. The molecular formula is C19H27BrN2O4. The molecule has 6 nitrogen and oxygen atoms in total. The molecule has 1 amide bonds. The van der Waals surface area contributed by atoms with E-state index in [9.17, 15) is 9.90 Å². The molecule has 2 heterocycles. The molecule has 0 bridgehead atoms. The highest BCUT2D eigenvalue weighted by Gasteiger charge is 2.47. The highest BCUT2D eigenvalue weighted by Crippen LogP contribution is 2.45. The molecule has 1 aromatic rings. The minimum absolute atomic E-state index is 0.294. The third-order valence-electron chi connectivity index (χ3n) is 5.16. The van der Waals surface area contributed by atoms with Crippen LogP contribution in [0.3, 0.4) is 0 Å². The van der Waals surface area contributed by atoms with Crippen molar-refractivity contribution in [2.24, 2.45) is 0 Å². The zero-order chi connectivity index (χ0) is 19.0. The van der Waals surface area contributed by atoms with Gasteiger partial charge in [-0.3, -0.25) is 4.98 Å². The summed E-state index contributed by atoms with van der Waals surface area (Å²) >= 11 is 3.49. The van der Waals surface area contributed by atoms with Gasteiger partial charge in [0.15, 0.2) is 0 Å². The van der Waals surface area contributed by atoms with E-state index in [-0.39, 0.29) is 6.09 Å². The Balaban J connectivity index is 1.68. The van der Waals surface area contributed by atoms with Crippen molar-refractivity contribution in [2.45, 2.75) is 63.3 Å². The lowest BCUT2D eigenvalue weighted by Crippen LogP contribution is -2.57. The predicted molar refractivity (Wildman–Crippen MR) is 101 cm³/mol. The lowest BCUT2D eigenvalue weighted by atomic mass is 9.72. The number of halogens is 1. The largest absolute Gasteiger partial charge is 0.444 e. The van der Waals surface area contributed by atoms with Gasteiger partial charge in [-0.25, -0.2) is 4.79 Å². The maximum absolute atomic E-state index is 12.4. The van der Waals surface area contributed by atoms with Gasteiger partial charge >= 0.3 is 6.09 Å². The molecule has 26 heavy (non-hydrogen) atoms. The molecule has 1 saturated heterocycles. The average molecular weight is 427 g/mol. The first kappa shape index (κ1) is 19.6. The molecule has 1 aliphatic carbocycles. The first-order valence-corrected chi connectivity index (χ1v) is 9.86. The Bertz CT molecular complexity index is 666. The highest BCUT2D eigenvalue weighted by atomic mass is 79.9. The van der Waals surface area contributed by atoms with Gasteiger partial charge in [0.1, 0.15) is 5.60 Å². The predicted octanol–water partition coefficient (Wildman–Crippen LogP) is 3.61. The van der Waals surface area contributed by atoms with Crippen molar-refractivity contribution in [1.29, 1.82) is 0 Å². The fourth-order valence-corrected chi connectivity index (χ4v) is 4.39. The van der Waals surface area contributed by atoms with Crippen LogP contribution in [0.25, 0.3) is 0 Å². The van der Waals surface area contributed by atoms with Crippen LogP contribution in [0.1, 0.15) is 52.0 Å². The van der Waals surface area contributed by atoms with Crippen molar-refractivity contribution < 1.29 is 19.4 Å². The van der Waals surface area contributed by atoms with E-state index in [0.717, 1.165) is 10.0 Å². The van der Waals surface area contributed by atoms with Crippen molar-refractivity contribution in [3.05, 3.63) is 28.5 Å². The van der Waals surface area contributed by atoms with E-state index in [1.54, 1.807) is 17.3 Å².